The predicted molar refractivity (Wildman–Crippen MR) is 73.6 cm³/mol. The van der Waals surface area contributed by atoms with Crippen LogP contribution >= 0.6 is 11.3 Å². The molecule has 1 aliphatic rings. The lowest BCUT2D eigenvalue weighted by Gasteiger charge is -2.35. The Kier molecular flexibility index (Phi) is 4.01. The summed E-state index contributed by atoms with van der Waals surface area (Å²) in [6.07, 6.45) is 4.44. The minimum Gasteiger partial charge on any atom is -0.347 e. The Hall–Kier alpha value is -0.650. The van der Waals surface area contributed by atoms with Crippen molar-refractivity contribution in [3.63, 3.8) is 0 Å². The van der Waals surface area contributed by atoms with Gasteiger partial charge < -0.3 is 15.5 Å². The van der Waals surface area contributed by atoms with Gasteiger partial charge in [-0.05, 0) is 33.4 Å². The lowest BCUT2D eigenvalue weighted by atomic mass is 10.1. The van der Waals surface area contributed by atoms with Gasteiger partial charge in [0.1, 0.15) is 0 Å². The Balaban J connectivity index is 2.04. The maximum absolute atomic E-state index is 5.87. The van der Waals surface area contributed by atoms with Crippen LogP contribution in [0.15, 0.2) is 6.20 Å². The number of piperidine rings is 1. The summed E-state index contributed by atoms with van der Waals surface area (Å²) in [6.45, 7) is 4.35. The van der Waals surface area contributed by atoms with Gasteiger partial charge in [0, 0.05) is 36.8 Å². The van der Waals surface area contributed by atoms with Crippen LogP contribution in [-0.2, 0) is 0 Å². The zero-order chi connectivity index (χ0) is 12.4. The van der Waals surface area contributed by atoms with E-state index in [2.05, 4.69) is 28.9 Å². The minimum absolute atomic E-state index is 0.0867. The number of nitrogens with zero attached hydrogens (tertiary/aromatic N) is 3. The Morgan fingerprint density at radius 2 is 2.41 bits per heavy atom. The number of thiazole rings is 1. The van der Waals surface area contributed by atoms with Gasteiger partial charge in [-0.1, -0.05) is 0 Å². The van der Waals surface area contributed by atoms with Gasteiger partial charge in [0.2, 0.25) is 0 Å². The molecule has 4 nitrogen and oxygen atoms in total. The number of nitrogens with two attached hydrogens (primary N) is 1. The van der Waals surface area contributed by atoms with E-state index in [-0.39, 0.29) is 6.04 Å². The second-order valence-corrected chi connectivity index (χ2v) is 6.04. The Labute approximate surface area is 107 Å². The van der Waals surface area contributed by atoms with Crippen LogP contribution in [0, 0.1) is 0 Å². The molecule has 1 aromatic rings. The number of hydrogen-bond donors (Lipinski definition) is 1. The summed E-state index contributed by atoms with van der Waals surface area (Å²) in [4.78, 5) is 10.4. The van der Waals surface area contributed by atoms with Crippen LogP contribution in [0.5, 0.6) is 0 Å². The lowest BCUT2D eigenvalue weighted by Crippen LogP contribution is -2.45. The Morgan fingerprint density at radius 3 is 3.00 bits per heavy atom. The summed E-state index contributed by atoms with van der Waals surface area (Å²) in [5.74, 6) is 0. The smallest absolute Gasteiger partial charge is 0.185 e. The first kappa shape index (κ1) is 12.8. The molecule has 5 heteroatoms. The highest BCUT2D eigenvalue weighted by molar-refractivity contribution is 7.15. The molecule has 1 aliphatic heterocycles. The molecule has 0 bridgehead atoms. The molecular weight excluding hydrogens is 232 g/mol. The molecule has 1 aromatic heterocycles. The Morgan fingerprint density at radius 1 is 1.65 bits per heavy atom. The summed E-state index contributed by atoms with van der Waals surface area (Å²) >= 11 is 1.72. The molecule has 0 radical (unpaired) electrons. The molecule has 96 valence electrons. The number of hydrogen-bond acceptors (Lipinski definition) is 5. The van der Waals surface area contributed by atoms with Crippen LogP contribution < -0.4 is 10.6 Å². The van der Waals surface area contributed by atoms with Gasteiger partial charge in [-0.2, -0.15) is 0 Å². The summed E-state index contributed by atoms with van der Waals surface area (Å²) in [7, 11) is 4.34. The molecule has 2 unspecified atom stereocenters. The summed E-state index contributed by atoms with van der Waals surface area (Å²) in [5, 5.41) is 1.10. The zero-order valence-electron chi connectivity index (χ0n) is 10.9. The molecule has 2 N–H and O–H groups in total. The summed E-state index contributed by atoms with van der Waals surface area (Å²) < 4.78 is 0. The first-order valence-corrected chi connectivity index (χ1v) is 7.02. The fraction of sp³-hybridized carbons (Fsp3) is 0.750. The van der Waals surface area contributed by atoms with Crippen LogP contribution in [-0.4, -0.2) is 43.1 Å². The van der Waals surface area contributed by atoms with Crippen LogP contribution in [0.3, 0.4) is 0 Å². The largest absolute Gasteiger partial charge is 0.347 e. The highest BCUT2D eigenvalue weighted by atomic mass is 32.1. The maximum Gasteiger partial charge on any atom is 0.185 e. The first-order chi connectivity index (χ1) is 8.08. The topological polar surface area (TPSA) is 45.4 Å². The van der Waals surface area contributed by atoms with E-state index in [1.165, 1.54) is 19.4 Å². The molecule has 1 fully saturated rings. The monoisotopic (exact) mass is 254 g/mol. The number of likely N-dealkylation sites (tertiary alicyclic amines) is 1. The maximum atomic E-state index is 5.87. The van der Waals surface area contributed by atoms with Crippen molar-refractivity contribution in [1.29, 1.82) is 0 Å². The van der Waals surface area contributed by atoms with Crippen LogP contribution in [0.4, 0.5) is 5.13 Å². The second-order valence-electron chi connectivity index (χ2n) is 5.00. The van der Waals surface area contributed by atoms with Crippen molar-refractivity contribution in [2.75, 3.05) is 32.1 Å². The minimum atomic E-state index is 0.0867. The van der Waals surface area contributed by atoms with Crippen molar-refractivity contribution in [3.05, 3.63) is 11.1 Å². The second kappa shape index (κ2) is 5.33. The molecule has 2 atom stereocenters. The third kappa shape index (κ3) is 2.97. The third-order valence-corrected chi connectivity index (χ3v) is 4.70. The van der Waals surface area contributed by atoms with Crippen LogP contribution in [0.25, 0.3) is 0 Å². The molecule has 0 saturated carbocycles. The van der Waals surface area contributed by atoms with Crippen LogP contribution in [0.1, 0.15) is 30.7 Å². The van der Waals surface area contributed by atoms with Gasteiger partial charge in [0.25, 0.3) is 0 Å². The molecule has 17 heavy (non-hydrogen) atoms. The number of anilines is 1. The molecule has 0 spiro atoms. The molecule has 2 heterocycles. The van der Waals surface area contributed by atoms with E-state index in [1.807, 2.05) is 13.1 Å². The predicted octanol–water partition coefficient (Wildman–Crippen LogP) is 1.69. The molecular formula is C12H22N4S. The summed E-state index contributed by atoms with van der Waals surface area (Å²) in [5.41, 5.74) is 5.87. The van der Waals surface area contributed by atoms with Crippen molar-refractivity contribution in [1.82, 2.24) is 9.88 Å². The number of aromatic nitrogens is 1. The van der Waals surface area contributed by atoms with Gasteiger partial charge in [-0.25, -0.2) is 4.98 Å². The average Bonchev–Trinajstić information content (AvgIpc) is 2.77. The van der Waals surface area contributed by atoms with Gasteiger partial charge in [-0.15, -0.1) is 11.3 Å². The van der Waals surface area contributed by atoms with Gasteiger partial charge in [-0.3, -0.25) is 0 Å². The van der Waals surface area contributed by atoms with Crippen molar-refractivity contribution >= 4 is 16.5 Å². The third-order valence-electron chi connectivity index (χ3n) is 3.41. The van der Waals surface area contributed by atoms with E-state index in [1.54, 1.807) is 11.3 Å². The lowest BCUT2D eigenvalue weighted by molar-refractivity contribution is 0.248. The molecule has 2 rings (SSSR count). The summed E-state index contributed by atoms with van der Waals surface area (Å²) in [6, 6.07) is 0.671. The van der Waals surface area contributed by atoms with E-state index in [0.29, 0.717) is 6.04 Å². The zero-order valence-corrected chi connectivity index (χ0v) is 11.7. The number of likely N-dealkylation sites (N-methyl/N-ethyl adjacent to an activating group) is 2. The number of rotatable bonds is 3. The first-order valence-electron chi connectivity index (χ1n) is 6.20. The van der Waals surface area contributed by atoms with E-state index < -0.39 is 0 Å². The molecule has 0 amide bonds. The SMILES string of the molecule is CC(N)c1cnc(N(C)C2CCCN(C)C2)s1. The molecule has 0 aromatic carbocycles. The average molecular weight is 254 g/mol. The highest BCUT2D eigenvalue weighted by Gasteiger charge is 2.23. The van der Waals surface area contributed by atoms with Crippen molar-refractivity contribution < 1.29 is 0 Å². The molecule has 1 saturated heterocycles. The van der Waals surface area contributed by atoms with Gasteiger partial charge >= 0.3 is 0 Å². The highest BCUT2D eigenvalue weighted by Crippen LogP contribution is 2.28. The fourth-order valence-electron chi connectivity index (χ4n) is 2.26. The van der Waals surface area contributed by atoms with E-state index in [0.717, 1.165) is 16.6 Å². The van der Waals surface area contributed by atoms with E-state index in [9.17, 15) is 0 Å². The van der Waals surface area contributed by atoms with E-state index in [4.69, 9.17) is 5.73 Å². The quantitative estimate of drug-likeness (QED) is 0.891. The standard InChI is InChI=1S/C12H22N4S/c1-9(13)11-7-14-12(17-11)16(3)10-5-4-6-15(2)8-10/h7,9-10H,4-6,8,13H2,1-3H3. The van der Waals surface area contributed by atoms with Crippen molar-refractivity contribution in [2.24, 2.45) is 5.73 Å². The Bertz CT molecular complexity index is 363. The fourth-order valence-corrected chi connectivity index (χ4v) is 3.16. The van der Waals surface area contributed by atoms with Crippen LogP contribution in [0.2, 0.25) is 0 Å². The van der Waals surface area contributed by atoms with Crippen molar-refractivity contribution in [2.45, 2.75) is 31.8 Å². The van der Waals surface area contributed by atoms with Crippen molar-refractivity contribution in [3.8, 4) is 0 Å². The van der Waals surface area contributed by atoms with Gasteiger partial charge in [0.05, 0.1) is 0 Å². The van der Waals surface area contributed by atoms with Gasteiger partial charge in [0.15, 0.2) is 5.13 Å². The normalized spacial score (nSPS) is 23.6. The molecule has 0 aliphatic carbocycles. The van der Waals surface area contributed by atoms with E-state index >= 15 is 0 Å².